The molecule has 0 bridgehead atoms. The van der Waals surface area contributed by atoms with Crippen molar-refractivity contribution in [2.75, 3.05) is 37.7 Å². The number of carbonyl (C=O) groups is 2. The van der Waals surface area contributed by atoms with E-state index in [9.17, 15) is 14.7 Å². The Hall–Kier alpha value is -2.08. The normalized spacial score (nSPS) is 24.7. The van der Waals surface area contributed by atoms with Gasteiger partial charge in [0.05, 0.1) is 13.2 Å². The molecular weight excluding hydrogens is 308 g/mol. The summed E-state index contributed by atoms with van der Waals surface area (Å²) in [4.78, 5) is 28.2. The summed E-state index contributed by atoms with van der Waals surface area (Å²) < 4.78 is 5.35. The largest absolute Gasteiger partial charge is 0.480 e. The first kappa shape index (κ1) is 16.8. The molecule has 0 saturated carbocycles. The summed E-state index contributed by atoms with van der Waals surface area (Å²) in [5.74, 6) is -1.13. The van der Waals surface area contributed by atoms with Crippen LogP contribution in [-0.4, -0.2) is 60.3 Å². The molecule has 6 nitrogen and oxygen atoms in total. The van der Waals surface area contributed by atoms with E-state index in [1.54, 1.807) is 19.1 Å². The van der Waals surface area contributed by atoms with Crippen LogP contribution in [0.5, 0.6) is 0 Å². The molecule has 1 N–H and O–H groups in total. The highest BCUT2D eigenvalue weighted by molar-refractivity contribution is 5.98. The van der Waals surface area contributed by atoms with Crippen molar-refractivity contribution in [3.05, 3.63) is 29.8 Å². The first-order chi connectivity index (χ1) is 11.5. The number of rotatable bonds is 3. The third-order valence-corrected chi connectivity index (χ3v) is 5.09. The molecule has 3 rings (SSSR count). The molecule has 1 aromatic carbocycles. The molecule has 1 atom stereocenters. The average molecular weight is 332 g/mol. The molecular formula is C18H24N2O4. The smallest absolute Gasteiger partial charge is 0.329 e. The second-order valence-corrected chi connectivity index (χ2v) is 6.64. The fraction of sp³-hybridized carbons (Fsp3) is 0.556. The van der Waals surface area contributed by atoms with Crippen molar-refractivity contribution < 1.29 is 19.4 Å². The number of aliphatic carboxylic acids is 1. The number of amides is 1. The van der Waals surface area contributed by atoms with Gasteiger partial charge in [-0.3, -0.25) is 4.79 Å². The van der Waals surface area contributed by atoms with Crippen molar-refractivity contribution >= 4 is 17.6 Å². The van der Waals surface area contributed by atoms with Crippen LogP contribution in [0.25, 0.3) is 0 Å². The number of ether oxygens (including phenoxy) is 1. The number of hydrogen-bond donors (Lipinski definition) is 1. The van der Waals surface area contributed by atoms with E-state index in [-0.39, 0.29) is 5.91 Å². The van der Waals surface area contributed by atoms with E-state index < -0.39 is 11.5 Å². The molecule has 0 unspecified atom stereocenters. The van der Waals surface area contributed by atoms with Crippen molar-refractivity contribution in [1.29, 1.82) is 0 Å². The minimum atomic E-state index is -1.11. The van der Waals surface area contributed by atoms with Crippen LogP contribution in [0, 0.1) is 0 Å². The molecule has 1 aromatic rings. The molecule has 0 spiro atoms. The van der Waals surface area contributed by atoms with Crippen LogP contribution in [0.4, 0.5) is 5.69 Å². The Labute approximate surface area is 142 Å². The number of piperidine rings is 1. The van der Waals surface area contributed by atoms with Crippen LogP contribution in [-0.2, 0) is 9.53 Å². The van der Waals surface area contributed by atoms with Gasteiger partial charge in [-0.25, -0.2) is 4.79 Å². The Kier molecular flexibility index (Phi) is 4.76. The van der Waals surface area contributed by atoms with Crippen LogP contribution in [0.2, 0.25) is 0 Å². The maximum Gasteiger partial charge on any atom is 0.329 e. The molecule has 24 heavy (non-hydrogen) atoms. The number of benzene rings is 1. The SMILES string of the molecule is C[C@@]1(C(=O)O)CCCCN1C(=O)c1ccc(N2CCOCC2)cc1. The number of carbonyl (C=O) groups excluding carboxylic acids is 1. The highest BCUT2D eigenvalue weighted by Gasteiger charge is 2.44. The summed E-state index contributed by atoms with van der Waals surface area (Å²) in [7, 11) is 0. The second-order valence-electron chi connectivity index (χ2n) is 6.64. The summed E-state index contributed by atoms with van der Waals surface area (Å²) >= 11 is 0. The van der Waals surface area contributed by atoms with Crippen molar-refractivity contribution in [2.24, 2.45) is 0 Å². The predicted molar refractivity (Wildman–Crippen MR) is 90.4 cm³/mol. The van der Waals surface area contributed by atoms with E-state index in [4.69, 9.17) is 4.74 Å². The van der Waals surface area contributed by atoms with E-state index in [0.29, 0.717) is 31.7 Å². The third-order valence-electron chi connectivity index (χ3n) is 5.09. The van der Waals surface area contributed by atoms with Crippen LogP contribution in [0.1, 0.15) is 36.5 Å². The van der Waals surface area contributed by atoms with Gasteiger partial charge in [0.25, 0.3) is 5.91 Å². The van der Waals surface area contributed by atoms with Crippen molar-refractivity contribution in [2.45, 2.75) is 31.7 Å². The summed E-state index contributed by atoms with van der Waals surface area (Å²) in [6, 6.07) is 7.45. The Morgan fingerprint density at radius 3 is 2.38 bits per heavy atom. The van der Waals surface area contributed by atoms with Crippen LogP contribution in [0.15, 0.2) is 24.3 Å². The highest BCUT2D eigenvalue weighted by Crippen LogP contribution is 2.30. The van der Waals surface area contributed by atoms with Crippen LogP contribution in [0.3, 0.4) is 0 Å². The first-order valence-corrected chi connectivity index (χ1v) is 8.50. The number of likely N-dealkylation sites (tertiary alicyclic amines) is 1. The lowest BCUT2D eigenvalue weighted by atomic mass is 9.88. The minimum absolute atomic E-state index is 0.201. The molecule has 0 radical (unpaired) electrons. The standard InChI is InChI=1S/C18H24N2O4/c1-18(17(22)23)8-2-3-9-20(18)16(21)14-4-6-15(7-5-14)19-10-12-24-13-11-19/h4-7H,2-3,8-13H2,1H3,(H,22,23)/t18-/m0/s1. The van der Waals surface area contributed by atoms with Crippen molar-refractivity contribution in [3.8, 4) is 0 Å². The van der Waals surface area contributed by atoms with E-state index in [1.165, 1.54) is 4.90 Å². The Morgan fingerprint density at radius 2 is 1.75 bits per heavy atom. The van der Waals surface area contributed by atoms with Gasteiger partial charge in [-0.15, -0.1) is 0 Å². The molecule has 130 valence electrons. The maximum atomic E-state index is 12.8. The van der Waals surface area contributed by atoms with Crippen molar-refractivity contribution in [3.63, 3.8) is 0 Å². The van der Waals surface area contributed by atoms with Crippen LogP contribution < -0.4 is 4.90 Å². The molecule has 2 saturated heterocycles. The molecule has 2 aliphatic rings. The molecule has 2 fully saturated rings. The fourth-order valence-electron chi connectivity index (χ4n) is 3.46. The number of carboxylic acid groups (broad SMARTS) is 1. The van der Waals surface area contributed by atoms with E-state index in [1.807, 2.05) is 12.1 Å². The Morgan fingerprint density at radius 1 is 1.08 bits per heavy atom. The second kappa shape index (κ2) is 6.81. The Balaban J connectivity index is 1.77. The molecule has 2 heterocycles. The number of anilines is 1. The summed E-state index contributed by atoms with van der Waals surface area (Å²) in [6.07, 6.45) is 2.18. The lowest BCUT2D eigenvalue weighted by Gasteiger charge is -2.41. The van der Waals surface area contributed by atoms with Gasteiger partial charge in [-0.1, -0.05) is 0 Å². The number of hydrogen-bond acceptors (Lipinski definition) is 4. The van der Waals surface area contributed by atoms with Gasteiger partial charge in [-0.2, -0.15) is 0 Å². The molecule has 0 aromatic heterocycles. The number of morpholine rings is 1. The molecule has 1 amide bonds. The molecule has 2 aliphatic heterocycles. The highest BCUT2D eigenvalue weighted by atomic mass is 16.5. The summed E-state index contributed by atoms with van der Waals surface area (Å²) in [5, 5.41) is 9.57. The maximum absolute atomic E-state index is 12.8. The zero-order chi connectivity index (χ0) is 17.2. The lowest BCUT2D eigenvalue weighted by molar-refractivity contribution is -0.150. The third kappa shape index (κ3) is 3.11. The van der Waals surface area contributed by atoms with Gasteiger partial charge in [0, 0.05) is 30.9 Å². The molecule has 6 heteroatoms. The van der Waals surface area contributed by atoms with Gasteiger partial charge >= 0.3 is 5.97 Å². The van der Waals surface area contributed by atoms with Gasteiger partial charge in [0.2, 0.25) is 0 Å². The predicted octanol–water partition coefficient (Wildman–Crippen LogP) is 1.99. The summed E-state index contributed by atoms with van der Waals surface area (Å²) in [6.45, 7) is 5.26. The quantitative estimate of drug-likeness (QED) is 0.917. The number of nitrogens with zero attached hydrogens (tertiary/aromatic N) is 2. The topological polar surface area (TPSA) is 70.1 Å². The zero-order valence-corrected chi connectivity index (χ0v) is 14.0. The van der Waals surface area contributed by atoms with E-state index in [2.05, 4.69) is 4.90 Å². The minimum Gasteiger partial charge on any atom is -0.480 e. The van der Waals surface area contributed by atoms with Gasteiger partial charge < -0.3 is 19.6 Å². The number of carboxylic acids is 1. The first-order valence-electron chi connectivity index (χ1n) is 8.50. The average Bonchev–Trinajstić information content (AvgIpc) is 2.62. The monoisotopic (exact) mass is 332 g/mol. The van der Waals surface area contributed by atoms with Gasteiger partial charge in [0.15, 0.2) is 0 Å². The zero-order valence-electron chi connectivity index (χ0n) is 14.0. The summed E-state index contributed by atoms with van der Waals surface area (Å²) in [5.41, 5.74) is 0.494. The van der Waals surface area contributed by atoms with E-state index in [0.717, 1.165) is 31.6 Å². The van der Waals surface area contributed by atoms with Crippen LogP contribution >= 0.6 is 0 Å². The van der Waals surface area contributed by atoms with Gasteiger partial charge in [-0.05, 0) is 50.5 Å². The van der Waals surface area contributed by atoms with Gasteiger partial charge in [0.1, 0.15) is 5.54 Å². The molecule has 0 aliphatic carbocycles. The lowest BCUT2D eigenvalue weighted by Crippen LogP contribution is -2.57. The van der Waals surface area contributed by atoms with Crippen molar-refractivity contribution in [1.82, 2.24) is 4.90 Å². The fourth-order valence-corrected chi connectivity index (χ4v) is 3.46. The Bertz CT molecular complexity index is 610. The van der Waals surface area contributed by atoms with E-state index >= 15 is 0 Å².